The molecule has 0 aliphatic carbocycles. The van der Waals surface area contributed by atoms with Crippen LogP contribution in [0.25, 0.3) is 0 Å². The highest BCUT2D eigenvalue weighted by molar-refractivity contribution is 6.00. The molecule has 0 aliphatic rings. The smallest absolute Gasteiger partial charge is 0.296 e. The van der Waals surface area contributed by atoms with Crippen LogP contribution in [0.1, 0.15) is 36.2 Å². The number of nitrogens with one attached hydrogen (secondary N) is 2. The molecule has 0 saturated heterocycles. The molecule has 0 aliphatic heterocycles. The summed E-state index contributed by atoms with van der Waals surface area (Å²) in [5.41, 5.74) is 0. The van der Waals surface area contributed by atoms with Gasteiger partial charge in [-0.3, -0.25) is 14.6 Å². The molecule has 1 amide bonds. The van der Waals surface area contributed by atoms with Crippen LogP contribution in [0.4, 0.5) is 5.82 Å². The predicted molar refractivity (Wildman–Crippen MR) is 61.6 cm³/mol. The van der Waals surface area contributed by atoms with Crippen molar-refractivity contribution in [2.45, 2.75) is 19.8 Å². The lowest BCUT2D eigenvalue weighted by atomic mass is 10.2. The Morgan fingerprint density at radius 3 is 2.82 bits per heavy atom. The number of aromatic nitrogens is 5. The van der Waals surface area contributed by atoms with Crippen LogP contribution in [0.3, 0.4) is 0 Å². The second kappa shape index (κ2) is 4.36. The molecule has 0 fully saturated rings. The molecule has 7 heteroatoms. The van der Waals surface area contributed by atoms with Gasteiger partial charge in [0.2, 0.25) is 5.82 Å². The van der Waals surface area contributed by atoms with Crippen LogP contribution in [-0.4, -0.2) is 30.9 Å². The summed E-state index contributed by atoms with van der Waals surface area (Å²) in [5.74, 6) is 1.29. The minimum atomic E-state index is -0.350. The van der Waals surface area contributed by atoms with E-state index in [1.165, 1.54) is 0 Å². The number of anilines is 1. The van der Waals surface area contributed by atoms with Gasteiger partial charge in [0.1, 0.15) is 11.6 Å². The van der Waals surface area contributed by atoms with Gasteiger partial charge in [-0.15, -0.1) is 5.10 Å². The third kappa shape index (κ3) is 2.32. The molecule has 0 radical (unpaired) electrons. The lowest BCUT2D eigenvalue weighted by molar-refractivity contribution is 0.101. The molecule has 0 aromatic carbocycles. The van der Waals surface area contributed by atoms with Gasteiger partial charge in [0.05, 0.1) is 6.20 Å². The first-order chi connectivity index (χ1) is 8.08. The Hall–Kier alpha value is -2.18. The Labute approximate surface area is 98.2 Å². The lowest BCUT2D eigenvalue weighted by Crippen LogP contribution is -2.16. The number of aromatic amines is 1. The first-order valence-electron chi connectivity index (χ1n) is 5.29. The summed E-state index contributed by atoms with van der Waals surface area (Å²) in [7, 11) is 1.74. The topological polar surface area (TPSA) is 88.5 Å². The van der Waals surface area contributed by atoms with Crippen molar-refractivity contribution in [1.29, 1.82) is 0 Å². The Bertz CT molecular complexity index is 526. The van der Waals surface area contributed by atoms with E-state index < -0.39 is 0 Å². The van der Waals surface area contributed by atoms with E-state index in [0.29, 0.717) is 11.6 Å². The zero-order valence-corrected chi connectivity index (χ0v) is 9.93. The van der Waals surface area contributed by atoms with E-state index in [1.807, 2.05) is 13.8 Å². The summed E-state index contributed by atoms with van der Waals surface area (Å²) in [6.45, 7) is 3.95. The molecule has 2 aromatic rings. The van der Waals surface area contributed by atoms with Gasteiger partial charge in [0.15, 0.2) is 0 Å². The first kappa shape index (κ1) is 11.3. The molecule has 0 saturated carbocycles. The normalized spacial score (nSPS) is 10.8. The quantitative estimate of drug-likeness (QED) is 0.826. The summed E-state index contributed by atoms with van der Waals surface area (Å²) in [6.07, 6.45) is 1.60. The monoisotopic (exact) mass is 234 g/mol. The van der Waals surface area contributed by atoms with Crippen LogP contribution in [0.15, 0.2) is 12.3 Å². The molecule has 17 heavy (non-hydrogen) atoms. The SMILES string of the molecule is CC(C)c1nc(C(=O)Nc2ccnn2C)n[nH]1. The van der Waals surface area contributed by atoms with Crippen molar-refractivity contribution < 1.29 is 4.79 Å². The summed E-state index contributed by atoms with van der Waals surface area (Å²) >= 11 is 0. The largest absolute Gasteiger partial charge is 0.304 e. The molecule has 0 bridgehead atoms. The van der Waals surface area contributed by atoms with E-state index in [0.717, 1.165) is 0 Å². The fourth-order valence-corrected chi connectivity index (χ4v) is 1.30. The highest BCUT2D eigenvalue weighted by atomic mass is 16.2. The van der Waals surface area contributed by atoms with Crippen molar-refractivity contribution in [3.05, 3.63) is 23.9 Å². The Morgan fingerprint density at radius 2 is 2.29 bits per heavy atom. The molecule has 2 N–H and O–H groups in total. The number of amides is 1. The first-order valence-corrected chi connectivity index (χ1v) is 5.29. The predicted octanol–water partition coefficient (Wildman–Crippen LogP) is 0.914. The van der Waals surface area contributed by atoms with E-state index in [9.17, 15) is 4.79 Å². The van der Waals surface area contributed by atoms with Gasteiger partial charge < -0.3 is 5.32 Å². The molecule has 90 valence electrons. The molecule has 2 rings (SSSR count). The van der Waals surface area contributed by atoms with Crippen LogP contribution in [0.2, 0.25) is 0 Å². The fraction of sp³-hybridized carbons (Fsp3) is 0.400. The summed E-state index contributed by atoms with van der Waals surface area (Å²) in [5, 5.41) is 13.2. The van der Waals surface area contributed by atoms with Crippen molar-refractivity contribution in [3.63, 3.8) is 0 Å². The maximum absolute atomic E-state index is 11.8. The van der Waals surface area contributed by atoms with Crippen molar-refractivity contribution in [2.75, 3.05) is 5.32 Å². The third-order valence-corrected chi connectivity index (χ3v) is 2.32. The summed E-state index contributed by atoms with van der Waals surface area (Å²) < 4.78 is 1.56. The van der Waals surface area contributed by atoms with E-state index in [2.05, 4.69) is 25.6 Å². The van der Waals surface area contributed by atoms with Gasteiger partial charge in [0, 0.05) is 19.0 Å². The number of hydrogen-bond donors (Lipinski definition) is 2. The van der Waals surface area contributed by atoms with Gasteiger partial charge in [-0.2, -0.15) is 5.10 Å². The summed E-state index contributed by atoms with van der Waals surface area (Å²) in [6, 6.07) is 1.70. The Balaban J connectivity index is 2.12. The third-order valence-electron chi connectivity index (χ3n) is 2.32. The standard InChI is InChI=1S/C10H14N6O/c1-6(2)8-13-9(15-14-8)10(17)12-7-4-5-11-16(7)3/h4-6H,1-3H3,(H,12,17)(H,13,14,15). The van der Waals surface area contributed by atoms with Gasteiger partial charge in [0.25, 0.3) is 5.91 Å². The zero-order valence-electron chi connectivity index (χ0n) is 9.93. The molecule has 0 unspecified atom stereocenters. The van der Waals surface area contributed by atoms with Crippen LogP contribution in [0.5, 0.6) is 0 Å². The van der Waals surface area contributed by atoms with Gasteiger partial charge >= 0.3 is 0 Å². The van der Waals surface area contributed by atoms with Gasteiger partial charge in [-0.05, 0) is 0 Å². The van der Waals surface area contributed by atoms with Crippen LogP contribution in [-0.2, 0) is 7.05 Å². The van der Waals surface area contributed by atoms with Crippen molar-refractivity contribution in [2.24, 2.45) is 7.05 Å². The number of rotatable bonds is 3. The number of carbonyl (C=O) groups excluding carboxylic acids is 1. The van der Waals surface area contributed by atoms with E-state index in [-0.39, 0.29) is 17.6 Å². The highest BCUT2D eigenvalue weighted by Crippen LogP contribution is 2.09. The molecule has 0 spiro atoms. The van der Waals surface area contributed by atoms with Gasteiger partial charge in [-0.1, -0.05) is 13.8 Å². The minimum absolute atomic E-state index is 0.134. The number of nitrogens with zero attached hydrogens (tertiary/aromatic N) is 4. The zero-order chi connectivity index (χ0) is 12.4. The van der Waals surface area contributed by atoms with E-state index >= 15 is 0 Å². The number of carbonyl (C=O) groups is 1. The molecule has 0 atom stereocenters. The number of aryl methyl sites for hydroxylation is 1. The van der Waals surface area contributed by atoms with Crippen molar-refractivity contribution >= 4 is 11.7 Å². The lowest BCUT2D eigenvalue weighted by Gasteiger charge is -2.01. The number of hydrogen-bond acceptors (Lipinski definition) is 4. The van der Waals surface area contributed by atoms with Crippen molar-refractivity contribution in [1.82, 2.24) is 25.0 Å². The second-order valence-electron chi connectivity index (χ2n) is 3.99. The molecule has 7 nitrogen and oxygen atoms in total. The minimum Gasteiger partial charge on any atom is -0.304 e. The molecular weight excluding hydrogens is 220 g/mol. The Kier molecular flexibility index (Phi) is 2.90. The average molecular weight is 234 g/mol. The maximum Gasteiger partial charge on any atom is 0.296 e. The van der Waals surface area contributed by atoms with E-state index in [4.69, 9.17) is 0 Å². The molecule has 2 heterocycles. The Morgan fingerprint density at radius 1 is 1.53 bits per heavy atom. The van der Waals surface area contributed by atoms with Crippen LogP contribution < -0.4 is 5.32 Å². The summed E-state index contributed by atoms with van der Waals surface area (Å²) in [4.78, 5) is 15.9. The molecular formula is C10H14N6O. The average Bonchev–Trinajstić information content (AvgIpc) is 2.88. The molecule has 2 aromatic heterocycles. The van der Waals surface area contributed by atoms with Crippen LogP contribution >= 0.6 is 0 Å². The fourth-order valence-electron chi connectivity index (χ4n) is 1.30. The van der Waals surface area contributed by atoms with E-state index in [1.54, 1.807) is 24.0 Å². The van der Waals surface area contributed by atoms with Crippen LogP contribution in [0, 0.1) is 0 Å². The van der Waals surface area contributed by atoms with Crippen molar-refractivity contribution in [3.8, 4) is 0 Å². The number of H-pyrrole nitrogens is 1. The second-order valence-corrected chi connectivity index (χ2v) is 3.99. The maximum atomic E-state index is 11.8. The van der Waals surface area contributed by atoms with Gasteiger partial charge in [-0.25, -0.2) is 4.98 Å². The highest BCUT2D eigenvalue weighted by Gasteiger charge is 2.15.